The van der Waals surface area contributed by atoms with E-state index in [1.54, 1.807) is 0 Å². The molecule has 0 unspecified atom stereocenters. The van der Waals surface area contributed by atoms with Crippen molar-refractivity contribution in [3.05, 3.63) is 0 Å². The second kappa shape index (κ2) is 12.6. The summed E-state index contributed by atoms with van der Waals surface area (Å²) in [7, 11) is 0. The van der Waals surface area contributed by atoms with Gasteiger partial charge in [0.2, 0.25) is 11.8 Å². The Balaban J connectivity index is 0.00000484. The Morgan fingerprint density at radius 3 is 2.13 bits per heavy atom. The van der Waals surface area contributed by atoms with E-state index in [0.717, 1.165) is 51.6 Å². The van der Waals surface area contributed by atoms with Gasteiger partial charge in [-0.15, -0.1) is 12.4 Å². The van der Waals surface area contributed by atoms with Crippen LogP contribution in [-0.2, 0) is 9.59 Å². The molecule has 0 aromatic carbocycles. The molecule has 0 bridgehead atoms. The lowest BCUT2D eigenvalue weighted by Crippen LogP contribution is -2.40. The molecule has 0 spiro atoms. The fraction of sp³-hybridized carbons (Fsp3) is 0.882. The summed E-state index contributed by atoms with van der Waals surface area (Å²) in [5.74, 6) is 0.256. The molecule has 0 aromatic heterocycles. The predicted octanol–water partition coefficient (Wildman–Crippen LogP) is 2.61. The van der Waals surface area contributed by atoms with Crippen molar-refractivity contribution in [2.24, 2.45) is 5.73 Å². The summed E-state index contributed by atoms with van der Waals surface area (Å²) in [6.07, 6.45) is 7.47. The monoisotopic (exact) mass is 347 g/mol. The van der Waals surface area contributed by atoms with Gasteiger partial charge >= 0.3 is 0 Å². The number of hydrogen-bond acceptors (Lipinski definition) is 3. The first kappa shape index (κ1) is 22.2. The summed E-state index contributed by atoms with van der Waals surface area (Å²) in [5.41, 5.74) is 5.86. The molecule has 0 aromatic rings. The molecule has 2 amide bonds. The van der Waals surface area contributed by atoms with Gasteiger partial charge in [-0.3, -0.25) is 9.59 Å². The Bertz CT molecular complexity index is 339. The molecule has 5 nitrogen and oxygen atoms in total. The van der Waals surface area contributed by atoms with Crippen LogP contribution in [0.1, 0.15) is 71.6 Å². The lowest BCUT2D eigenvalue weighted by molar-refractivity contribution is -0.131. The van der Waals surface area contributed by atoms with E-state index in [9.17, 15) is 9.59 Å². The first-order valence-corrected chi connectivity index (χ1v) is 8.89. The molecule has 1 rings (SSSR count). The molecular formula is C17H34ClN3O2. The van der Waals surface area contributed by atoms with E-state index in [-0.39, 0.29) is 30.3 Å². The summed E-state index contributed by atoms with van der Waals surface area (Å²) < 4.78 is 0. The molecule has 0 atom stereocenters. The van der Waals surface area contributed by atoms with E-state index in [1.807, 2.05) is 4.90 Å². The minimum Gasteiger partial charge on any atom is -0.353 e. The number of hydrogen-bond donors (Lipinski definition) is 2. The zero-order valence-corrected chi connectivity index (χ0v) is 15.5. The van der Waals surface area contributed by atoms with E-state index >= 15 is 0 Å². The Morgan fingerprint density at radius 1 is 1.04 bits per heavy atom. The van der Waals surface area contributed by atoms with Crippen LogP contribution in [0.4, 0.5) is 0 Å². The van der Waals surface area contributed by atoms with Gasteiger partial charge in [0.05, 0.1) is 0 Å². The average molecular weight is 348 g/mol. The maximum Gasteiger partial charge on any atom is 0.222 e. The maximum atomic E-state index is 12.1. The summed E-state index contributed by atoms with van der Waals surface area (Å²) in [5, 5.41) is 3.07. The van der Waals surface area contributed by atoms with Crippen molar-refractivity contribution in [1.29, 1.82) is 0 Å². The second-order valence-corrected chi connectivity index (χ2v) is 6.41. The van der Waals surface area contributed by atoms with E-state index in [2.05, 4.69) is 19.2 Å². The molecule has 0 aliphatic heterocycles. The Kier molecular flexibility index (Phi) is 12.1. The minimum absolute atomic E-state index is 0. The van der Waals surface area contributed by atoms with E-state index in [4.69, 9.17) is 5.73 Å². The summed E-state index contributed by atoms with van der Waals surface area (Å²) in [6, 6.07) is 0.577. The van der Waals surface area contributed by atoms with Gasteiger partial charge < -0.3 is 16.0 Å². The van der Waals surface area contributed by atoms with Crippen molar-refractivity contribution in [3.8, 4) is 0 Å². The molecular weight excluding hydrogens is 314 g/mol. The van der Waals surface area contributed by atoms with Crippen LogP contribution in [0.25, 0.3) is 0 Å². The molecule has 1 fully saturated rings. The van der Waals surface area contributed by atoms with Gasteiger partial charge in [0.25, 0.3) is 0 Å². The number of amides is 2. The number of carbonyl (C=O) groups excluding carboxylic acids is 2. The third kappa shape index (κ3) is 9.16. The average Bonchev–Trinajstić information content (AvgIpc) is 2.49. The van der Waals surface area contributed by atoms with Crippen LogP contribution in [-0.4, -0.2) is 41.9 Å². The standard InChI is InChI=1S/C17H33N3O2.ClH/c1-3-12-20(13-4-2)17(22)7-5-6-16(21)19-15-10-8-14(18)9-11-15;/h14-15H,3-13,18H2,1-2H3,(H,19,21);1H. The zero-order valence-electron chi connectivity index (χ0n) is 14.7. The molecule has 1 saturated carbocycles. The molecule has 6 heteroatoms. The zero-order chi connectivity index (χ0) is 16.4. The number of halogens is 1. The van der Waals surface area contributed by atoms with Gasteiger partial charge in [-0.1, -0.05) is 13.8 Å². The Labute approximate surface area is 147 Å². The summed E-state index contributed by atoms with van der Waals surface area (Å²) in [6.45, 7) is 5.81. The summed E-state index contributed by atoms with van der Waals surface area (Å²) in [4.78, 5) is 26.0. The third-order valence-electron chi connectivity index (χ3n) is 4.27. The Hall–Kier alpha value is -0.810. The van der Waals surface area contributed by atoms with Gasteiger partial charge in [0.1, 0.15) is 0 Å². The van der Waals surface area contributed by atoms with Crippen molar-refractivity contribution in [3.63, 3.8) is 0 Å². The van der Waals surface area contributed by atoms with Crippen molar-refractivity contribution in [2.45, 2.75) is 83.7 Å². The van der Waals surface area contributed by atoms with Crippen LogP contribution in [0.3, 0.4) is 0 Å². The van der Waals surface area contributed by atoms with Gasteiger partial charge in [0, 0.05) is 38.0 Å². The van der Waals surface area contributed by atoms with Crippen LogP contribution < -0.4 is 11.1 Å². The smallest absolute Gasteiger partial charge is 0.222 e. The highest BCUT2D eigenvalue weighted by molar-refractivity contribution is 5.85. The molecule has 1 aliphatic carbocycles. The van der Waals surface area contributed by atoms with Crippen LogP contribution in [0.2, 0.25) is 0 Å². The molecule has 3 N–H and O–H groups in total. The van der Waals surface area contributed by atoms with E-state index in [0.29, 0.717) is 25.3 Å². The molecule has 23 heavy (non-hydrogen) atoms. The topological polar surface area (TPSA) is 75.4 Å². The van der Waals surface area contributed by atoms with Crippen molar-refractivity contribution < 1.29 is 9.59 Å². The predicted molar refractivity (Wildman–Crippen MR) is 96.6 cm³/mol. The van der Waals surface area contributed by atoms with Crippen molar-refractivity contribution >= 4 is 24.2 Å². The number of carbonyl (C=O) groups is 2. The van der Waals surface area contributed by atoms with Gasteiger partial charge in [-0.25, -0.2) is 0 Å². The Morgan fingerprint density at radius 2 is 1.61 bits per heavy atom. The fourth-order valence-corrected chi connectivity index (χ4v) is 3.02. The second-order valence-electron chi connectivity index (χ2n) is 6.41. The lowest BCUT2D eigenvalue weighted by Gasteiger charge is -2.26. The van der Waals surface area contributed by atoms with E-state index < -0.39 is 0 Å². The molecule has 0 heterocycles. The first-order chi connectivity index (χ1) is 10.6. The molecule has 0 radical (unpaired) electrons. The number of nitrogens with zero attached hydrogens (tertiary/aromatic N) is 1. The molecule has 1 aliphatic rings. The highest BCUT2D eigenvalue weighted by Crippen LogP contribution is 2.17. The van der Waals surface area contributed by atoms with Crippen molar-refractivity contribution in [2.75, 3.05) is 13.1 Å². The van der Waals surface area contributed by atoms with Crippen LogP contribution in [0.15, 0.2) is 0 Å². The number of rotatable bonds is 9. The van der Waals surface area contributed by atoms with Gasteiger partial charge in [-0.05, 0) is 44.9 Å². The van der Waals surface area contributed by atoms with Gasteiger partial charge in [0.15, 0.2) is 0 Å². The van der Waals surface area contributed by atoms with Crippen molar-refractivity contribution in [1.82, 2.24) is 10.2 Å². The molecule has 0 saturated heterocycles. The van der Waals surface area contributed by atoms with Crippen LogP contribution >= 0.6 is 12.4 Å². The fourth-order valence-electron chi connectivity index (χ4n) is 3.02. The quantitative estimate of drug-likeness (QED) is 0.673. The van der Waals surface area contributed by atoms with Crippen LogP contribution in [0.5, 0.6) is 0 Å². The highest BCUT2D eigenvalue weighted by Gasteiger charge is 2.20. The normalized spacial score (nSPS) is 20.5. The van der Waals surface area contributed by atoms with Crippen LogP contribution in [0, 0.1) is 0 Å². The third-order valence-corrected chi connectivity index (χ3v) is 4.27. The maximum absolute atomic E-state index is 12.1. The largest absolute Gasteiger partial charge is 0.353 e. The summed E-state index contributed by atoms with van der Waals surface area (Å²) >= 11 is 0. The van der Waals surface area contributed by atoms with Gasteiger partial charge in [-0.2, -0.15) is 0 Å². The highest BCUT2D eigenvalue weighted by atomic mass is 35.5. The number of nitrogens with two attached hydrogens (primary N) is 1. The first-order valence-electron chi connectivity index (χ1n) is 8.89. The van der Waals surface area contributed by atoms with E-state index in [1.165, 1.54) is 0 Å². The SMILES string of the molecule is CCCN(CCC)C(=O)CCCC(=O)NC1CCC(N)CC1.Cl. The minimum atomic E-state index is 0. The lowest BCUT2D eigenvalue weighted by atomic mass is 9.92. The molecule has 136 valence electrons. The number of nitrogens with one attached hydrogen (secondary N) is 1.